The number of hydrogen-bond acceptors (Lipinski definition) is 4. The molecule has 1 atom stereocenters. The first-order chi connectivity index (χ1) is 12.5. The number of aryl methyl sites for hydroxylation is 1. The summed E-state index contributed by atoms with van der Waals surface area (Å²) in [5.41, 5.74) is 0.756. The second kappa shape index (κ2) is 7.98. The molecule has 0 fully saturated rings. The maximum absolute atomic E-state index is 14.1. The Morgan fingerprint density at radius 3 is 2.56 bits per heavy atom. The van der Waals surface area contributed by atoms with Crippen LogP contribution in [-0.4, -0.2) is 35.4 Å². The van der Waals surface area contributed by atoms with E-state index >= 15 is 0 Å². The van der Waals surface area contributed by atoms with E-state index in [9.17, 15) is 14.0 Å². The van der Waals surface area contributed by atoms with Gasteiger partial charge in [0.1, 0.15) is 17.1 Å². The first-order valence-electron chi connectivity index (χ1n) is 8.99. The van der Waals surface area contributed by atoms with Crippen molar-refractivity contribution in [3.8, 4) is 0 Å². The number of fused-ring (bicyclic) bond motifs is 1. The molecule has 0 saturated carbocycles. The summed E-state index contributed by atoms with van der Waals surface area (Å²) in [6.07, 6.45) is -0.550. The van der Waals surface area contributed by atoms with E-state index in [1.165, 1.54) is 6.07 Å². The fourth-order valence-electron chi connectivity index (χ4n) is 2.93. The van der Waals surface area contributed by atoms with Crippen molar-refractivity contribution in [3.05, 3.63) is 35.3 Å². The highest BCUT2D eigenvalue weighted by atomic mass is 19.1. The minimum atomic E-state index is -0.608. The lowest BCUT2D eigenvalue weighted by atomic mass is 10.1. The highest BCUT2D eigenvalue weighted by Gasteiger charge is 2.23. The Labute approximate surface area is 158 Å². The molecule has 0 bridgehead atoms. The fourth-order valence-corrected chi connectivity index (χ4v) is 2.93. The largest absolute Gasteiger partial charge is 0.461 e. The maximum atomic E-state index is 14.1. The van der Waals surface area contributed by atoms with Gasteiger partial charge in [-0.3, -0.25) is 0 Å². The zero-order chi connectivity index (χ0) is 20.4. The molecule has 0 aliphatic rings. The molecule has 2 rings (SSSR count). The van der Waals surface area contributed by atoms with Gasteiger partial charge in [0.2, 0.25) is 0 Å². The van der Waals surface area contributed by atoms with E-state index in [1.54, 1.807) is 51.3 Å². The number of ether oxygens (including phenoxy) is 2. The van der Waals surface area contributed by atoms with E-state index < -0.39 is 17.7 Å². The van der Waals surface area contributed by atoms with Crippen LogP contribution in [0.3, 0.4) is 0 Å². The molecule has 6 nitrogen and oxygen atoms in total. The molecular weight excluding hydrogens is 351 g/mol. The second-order valence-corrected chi connectivity index (χ2v) is 7.46. The van der Waals surface area contributed by atoms with Gasteiger partial charge in [0.25, 0.3) is 0 Å². The third-order valence-corrected chi connectivity index (χ3v) is 4.05. The van der Waals surface area contributed by atoms with Gasteiger partial charge in [0.15, 0.2) is 0 Å². The van der Waals surface area contributed by atoms with E-state index in [0.29, 0.717) is 16.8 Å². The number of carbonyl (C=O) groups is 2. The number of nitrogens with zero attached hydrogens (tertiary/aromatic N) is 1. The van der Waals surface area contributed by atoms with E-state index in [2.05, 4.69) is 5.32 Å². The van der Waals surface area contributed by atoms with Crippen LogP contribution in [0.1, 0.15) is 56.7 Å². The first-order valence-corrected chi connectivity index (χ1v) is 8.99. The zero-order valence-corrected chi connectivity index (χ0v) is 16.7. The average Bonchev–Trinajstić information content (AvgIpc) is 2.95. The number of esters is 1. The van der Waals surface area contributed by atoms with Crippen molar-refractivity contribution >= 4 is 23.0 Å². The number of carbonyl (C=O) groups excluding carboxylic acids is 2. The second-order valence-electron chi connectivity index (χ2n) is 7.46. The molecule has 0 saturated heterocycles. The summed E-state index contributed by atoms with van der Waals surface area (Å²) in [5, 5.41) is 3.43. The van der Waals surface area contributed by atoms with Crippen molar-refractivity contribution in [1.82, 2.24) is 9.88 Å². The summed E-state index contributed by atoms with van der Waals surface area (Å²) in [7, 11) is 0. The lowest BCUT2D eigenvalue weighted by molar-refractivity contribution is 0.0512. The molecule has 148 valence electrons. The molecule has 7 heteroatoms. The van der Waals surface area contributed by atoms with E-state index in [4.69, 9.17) is 9.47 Å². The van der Waals surface area contributed by atoms with Gasteiger partial charge in [0.05, 0.1) is 12.1 Å². The Morgan fingerprint density at radius 1 is 1.30 bits per heavy atom. The predicted octanol–water partition coefficient (Wildman–Crippen LogP) is 4.35. The van der Waals surface area contributed by atoms with Crippen molar-refractivity contribution in [2.45, 2.75) is 53.2 Å². The predicted molar refractivity (Wildman–Crippen MR) is 102 cm³/mol. The van der Waals surface area contributed by atoms with E-state index in [-0.39, 0.29) is 25.0 Å². The highest BCUT2D eigenvalue weighted by Crippen LogP contribution is 2.29. The Morgan fingerprint density at radius 2 is 1.96 bits per heavy atom. The molecule has 0 aliphatic heterocycles. The van der Waals surface area contributed by atoms with Crippen LogP contribution in [0.2, 0.25) is 0 Å². The molecule has 1 N–H and O–H groups in total. The van der Waals surface area contributed by atoms with Crippen LogP contribution in [0.4, 0.5) is 9.18 Å². The maximum Gasteiger partial charge on any atom is 0.407 e. The number of aromatic nitrogens is 1. The van der Waals surface area contributed by atoms with Crippen LogP contribution in [0.25, 0.3) is 10.9 Å². The number of rotatable bonds is 5. The average molecular weight is 378 g/mol. The number of hydrogen-bond donors (Lipinski definition) is 1. The van der Waals surface area contributed by atoms with Crippen LogP contribution in [0.15, 0.2) is 18.2 Å². The number of alkyl carbamates (subject to hydrolysis) is 1. The molecule has 0 aliphatic carbocycles. The number of benzene rings is 1. The topological polar surface area (TPSA) is 69.6 Å². The smallest absolute Gasteiger partial charge is 0.407 e. The van der Waals surface area contributed by atoms with Crippen molar-refractivity contribution in [3.63, 3.8) is 0 Å². The van der Waals surface area contributed by atoms with Gasteiger partial charge >= 0.3 is 12.1 Å². The van der Waals surface area contributed by atoms with Gasteiger partial charge in [-0.05, 0) is 59.7 Å². The lowest BCUT2D eigenvalue weighted by Gasteiger charge is -2.23. The molecule has 2 aromatic rings. The molecule has 0 spiro atoms. The summed E-state index contributed by atoms with van der Waals surface area (Å²) < 4.78 is 26.2. The van der Waals surface area contributed by atoms with Crippen LogP contribution in [-0.2, 0) is 9.47 Å². The number of amides is 1. The molecule has 1 amide bonds. The lowest BCUT2D eigenvalue weighted by Crippen LogP contribution is -2.35. The van der Waals surface area contributed by atoms with Crippen molar-refractivity contribution in [2.75, 3.05) is 13.2 Å². The molecule has 1 aromatic carbocycles. The molecular formula is C20H27FN2O4. The van der Waals surface area contributed by atoms with Gasteiger partial charge in [0, 0.05) is 23.5 Å². The molecule has 1 unspecified atom stereocenters. The molecule has 1 heterocycles. The Balaban J connectivity index is 2.39. The Bertz CT molecular complexity index is 852. The van der Waals surface area contributed by atoms with Gasteiger partial charge in [-0.2, -0.15) is 0 Å². The van der Waals surface area contributed by atoms with Gasteiger partial charge in [-0.1, -0.05) is 0 Å². The van der Waals surface area contributed by atoms with Crippen molar-refractivity contribution in [1.29, 1.82) is 0 Å². The van der Waals surface area contributed by atoms with Crippen molar-refractivity contribution < 1.29 is 23.5 Å². The fraction of sp³-hybridized carbons (Fsp3) is 0.500. The van der Waals surface area contributed by atoms with Gasteiger partial charge < -0.3 is 19.4 Å². The third-order valence-electron chi connectivity index (χ3n) is 4.05. The van der Waals surface area contributed by atoms with Crippen LogP contribution < -0.4 is 5.32 Å². The van der Waals surface area contributed by atoms with E-state index in [1.807, 2.05) is 6.92 Å². The minimum Gasteiger partial charge on any atom is -0.461 e. The Hall–Kier alpha value is -2.57. The molecule has 1 aromatic heterocycles. The van der Waals surface area contributed by atoms with Crippen LogP contribution in [0, 0.1) is 12.7 Å². The summed E-state index contributed by atoms with van der Waals surface area (Å²) in [6, 6.07) is 4.37. The standard InChI is InChI=1S/C20H27FN2O4/c1-7-26-18(24)16-10-14-8-9-15(21)13(3)17(14)23(16)12(2)11-22-19(25)27-20(4,5)6/h8-10,12H,7,11H2,1-6H3,(H,22,25). The molecule has 27 heavy (non-hydrogen) atoms. The zero-order valence-electron chi connectivity index (χ0n) is 16.7. The van der Waals surface area contributed by atoms with Gasteiger partial charge in [-0.25, -0.2) is 14.0 Å². The summed E-state index contributed by atoms with van der Waals surface area (Å²) >= 11 is 0. The van der Waals surface area contributed by atoms with Crippen LogP contribution >= 0.6 is 0 Å². The highest BCUT2D eigenvalue weighted by molar-refractivity contribution is 5.96. The summed E-state index contributed by atoms with van der Waals surface area (Å²) in [4.78, 5) is 24.4. The third kappa shape index (κ3) is 4.78. The monoisotopic (exact) mass is 378 g/mol. The van der Waals surface area contributed by atoms with E-state index in [0.717, 1.165) is 5.39 Å². The van der Waals surface area contributed by atoms with Gasteiger partial charge in [-0.15, -0.1) is 0 Å². The number of nitrogens with one attached hydrogen (secondary N) is 1. The summed E-state index contributed by atoms with van der Waals surface area (Å²) in [5.74, 6) is -0.845. The minimum absolute atomic E-state index is 0.209. The SMILES string of the molecule is CCOC(=O)c1cc2ccc(F)c(C)c2n1C(C)CNC(=O)OC(C)(C)C. The Kier molecular flexibility index (Phi) is 6.13. The van der Waals surface area contributed by atoms with Crippen molar-refractivity contribution in [2.24, 2.45) is 0 Å². The first kappa shape index (κ1) is 20.7. The van der Waals surface area contributed by atoms with Crippen LogP contribution in [0.5, 0.6) is 0 Å². The number of halogens is 1. The quantitative estimate of drug-likeness (QED) is 0.785. The normalized spacial score (nSPS) is 12.7. The molecule has 0 radical (unpaired) electrons. The summed E-state index contributed by atoms with van der Waals surface area (Å²) in [6.45, 7) is 11.0.